The summed E-state index contributed by atoms with van der Waals surface area (Å²) in [6, 6.07) is 8.44. The number of nitrogens with zero attached hydrogens (tertiary/aromatic N) is 6. The van der Waals surface area contributed by atoms with Crippen LogP contribution in [0.1, 0.15) is 51.1 Å². The molecule has 0 aliphatic heterocycles. The first-order chi connectivity index (χ1) is 12.7. The van der Waals surface area contributed by atoms with Gasteiger partial charge in [0.05, 0.1) is 42.0 Å². The molecule has 132 valence electrons. The Bertz CT molecular complexity index is 968. The number of rotatable bonds is 7. The molecule has 3 rings (SSSR count). The summed E-state index contributed by atoms with van der Waals surface area (Å²) in [5.74, 6) is 0.411. The molecule has 2 atom stereocenters. The van der Waals surface area contributed by atoms with Crippen molar-refractivity contribution in [2.45, 2.75) is 45.6 Å². The van der Waals surface area contributed by atoms with Crippen LogP contribution >= 0.6 is 0 Å². The Morgan fingerprint density at radius 1 is 1.19 bits per heavy atom. The van der Waals surface area contributed by atoms with Crippen molar-refractivity contribution in [3.8, 4) is 23.3 Å². The summed E-state index contributed by atoms with van der Waals surface area (Å²) in [7, 11) is 0. The van der Waals surface area contributed by atoms with Gasteiger partial charge in [-0.3, -0.25) is 4.68 Å². The SMILES string of the molecule is CCCC(CC)C(CC#N)n1cc(-c2c(C#N)cnn3cccc23)cn1. The molecule has 3 aromatic heterocycles. The Hall–Kier alpha value is -3.12. The minimum atomic E-state index is 0.0499. The summed E-state index contributed by atoms with van der Waals surface area (Å²) < 4.78 is 3.66. The van der Waals surface area contributed by atoms with E-state index >= 15 is 0 Å². The second-order valence-electron chi connectivity index (χ2n) is 6.48. The molecule has 0 spiro atoms. The highest BCUT2D eigenvalue weighted by Gasteiger charge is 2.23. The minimum Gasteiger partial charge on any atom is -0.268 e. The fourth-order valence-electron chi connectivity index (χ4n) is 3.64. The second kappa shape index (κ2) is 7.84. The first kappa shape index (κ1) is 17.7. The number of aromatic nitrogens is 4. The van der Waals surface area contributed by atoms with Crippen LogP contribution in [-0.2, 0) is 0 Å². The first-order valence-corrected chi connectivity index (χ1v) is 9.01. The molecule has 0 amide bonds. The molecule has 0 fully saturated rings. The lowest BCUT2D eigenvalue weighted by atomic mass is 9.90. The highest BCUT2D eigenvalue weighted by Crippen LogP contribution is 2.32. The van der Waals surface area contributed by atoms with E-state index in [1.165, 1.54) is 0 Å². The smallest absolute Gasteiger partial charge is 0.102 e. The predicted molar refractivity (Wildman–Crippen MR) is 99.1 cm³/mol. The zero-order valence-corrected chi connectivity index (χ0v) is 15.1. The normalized spacial score (nSPS) is 13.2. The molecule has 0 aliphatic rings. The number of nitriles is 2. The van der Waals surface area contributed by atoms with Crippen LogP contribution in [0.4, 0.5) is 0 Å². The lowest BCUT2D eigenvalue weighted by Crippen LogP contribution is -2.19. The van der Waals surface area contributed by atoms with E-state index in [0.717, 1.165) is 35.9 Å². The van der Waals surface area contributed by atoms with Gasteiger partial charge in [0.1, 0.15) is 6.07 Å². The average molecular weight is 346 g/mol. The van der Waals surface area contributed by atoms with Crippen molar-refractivity contribution >= 4 is 5.52 Å². The van der Waals surface area contributed by atoms with Gasteiger partial charge in [-0.05, 0) is 24.5 Å². The van der Waals surface area contributed by atoms with Crippen LogP contribution < -0.4 is 0 Å². The molecule has 0 saturated heterocycles. The molecule has 2 unspecified atom stereocenters. The van der Waals surface area contributed by atoms with Crippen molar-refractivity contribution in [1.29, 1.82) is 10.5 Å². The summed E-state index contributed by atoms with van der Waals surface area (Å²) in [5, 5.41) is 27.6. The summed E-state index contributed by atoms with van der Waals surface area (Å²) in [6.07, 6.45) is 10.8. The molecule has 0 saturated carbocycles. The van der Waals surface area contributed by atoms with Crippen molar-refractivity contribution in [2.75, 3.05) is 0 Å². The van der Waals surface area contributed by atoms with E-state index in [2.05, 4.69) is 36.2 Å². The van der Waals surface area contributed by atoms with E-state index in [1.54, 1.807) is 16.9 Å². The lowest BCUT2D eigenvalue weighted by molar-refractivity contribution is 0.283. The van der Waals surface area contributed by atoms with Crippen molar-refractivity contribution in [1.82, 2.24) is 19.4 Å². The summed E-state index contributed by atoms with van der Waals surface area (Å²) in [4.78, 5) is 0. The monoisotopic (exact) mass is 346 g/mol. The van der Waals surface area contributed by atoms with Gasteiger partial charge < -0.3 is 0 Å². The van der Waals surface area contributed by atoms with Crippen LogP contribution in [-0.4, -0.2) is 19.4 Å². The summed E-state index contributed by atoms with van der Waals surface area (Å²) in [6.45, 7) is 4.33. The zero-order chi connectivity index (χ0) is 18.5. The van der Waals surface area contributed by atoms with Crippen LogP contribution in [0.5, 0.6) is 0 Å². The number of hydrogen-bond acceptors (Lipinski definition) is 4. The zero-order valence-electron chi connectivity index (χ0n) is 15.1. The first-order valence-electron chi connectivity index (χ1n) is 9.01. The molecule has 0 aliphatic carbocycles. The molecule has 26 heavy (non-hydrogen) atoms. The molecule has 0 aromatic carbocycles. The van der Waals surface area contributed by atoms with Gasteiger partial charge in [0.15, 0.2) is 0 Å². The Labute approximate surface area is 153 Å². The van der Waals surface area contributed by atoms with Crippen molar-refractivity contribution < 1.29 is 0 Å². The van der Waals surface area contributed by atoms with E-state index in [9.17, 15) is 10.5 Å². The Morgan fingerprint density at radius 3 is 2.73 bits per heavy atom. The molecular formula is C20H22N6. The molecule has 3 heterocycles. The molecule has 6 nitrogen and oxygen atoms in total. The Kier molecular flexibility index (Phi) is 5.34. The van der Waals surface area contributed by atoms with Crippen LogP contribution in [0.3, 0.4) is 0 Å². The highest BCUT2D eigenvalue weighted by molar-refractivity contribution is 5.84. The Balaban J connectivity index is 2.06. The van der Waals surface area contributed by atoms with Crippen LogP contribution in [0.25, 0.3) is 16.6 Å². The van der Waals surface area contributed by atoms with Gasteiger partial charge in [-0.1, -0.05) is 26.7 Å². The maximum absolute atomic E-state index is 9.50. The van der Waals surface area contributed by atoms with Gasteiger partial charge in [0.25, 0.3) is 0 Å². The highest BCUT2D eigenvalue weighted by atomic mass is 15.3. The molecule has 3 aromatic rings. The lowest BCUT2D eigenvalue weighted by Gasteiger charge is -2.24. The van der Waals surface area contributed by atoms with Crippen LogP contribution in [0.2, 0.25) is 0 Å². The molecule has 6 heteroatoms. The van der Waals surface area contributed by atoms with Gasteiger partial charge in [-0.2, -0.15) is 20.7 Å². The third-order valence-electron chi connectivity index (χ3n) is 4.94. The maximum atomic E-state index is 9.50. The summed E-state index contributed by atoms with van der Waals surface area (Å²) >= 11 is 0. The number of hydrogen-bond donors (Lipinski definition) is 0. The van der Waals surface area contributed by atoms with Crippen molar-refractivity contribution in [3.05, 3.63) is 42.5 Å². The topological polar surface area (TPSA) is 82.7 Å². The summed E-state index contributed by atoms with van der Waals surface area (Å²) in [5.41, 5.74) is 3.11. The molecular weight excluding hydrogens is 324 g/mol. The third kappa shape index (κ3) is 3.19. The third-order valence-corrected chi connectivity index (χ3v) is 4.94. The molecule has 0 N–H and O–H groups in total. The Morgan fingerprint density at radius 2 is 2.04 bits per heavy atom. The number of fused-ring (bicyclic) bond motifs is 1. The van der Waals surface area contributed by atoms with Crippen LogP contribution in [0.15, 0.2) is 36.9 Å². The predicted octanol–water partition coefficient (Wildman–Crippen LogP) is 4.35. The van der Waals surface area contributed by atoms with Crippen molar-refractivity contribution in [2.24, 2.45) is 5.92 Å². The van der Waals surface area contributed by atoms with Gasteiger partial charge in [-0.15, -0.1) is 0 Å². The van der Waals surface area contributed by atoms with Gasteiger partial charge >= 0.3 is 0 Å². The van der Waals surface area contributed by atoms with Crippen LogP contribution in [0, 0.1) is 28.6 Å². The standard InChI is InChI=1S/C20H22N6/c1-3-6-15(4-2)18(8-9-21)26-14-17(13-24-26)20-16(11-22)12-23-25-10-5-7-19(20)25/h5,7,10,12-15,18H,3-4,6,8H2,1-2H3. The minimum absolute atomic E-state index is 0.0499. The molecule has 0 radical (unpaired) electrons. The maximum Gasteiger partial charge on any atom is 0.102 e. The van der Waals surface area contributed by atoms with Gasteiger partial charge in [-0.25, -0.2) is 4.52 Å². The van der Waals surface area contributed by atoms with Gasteiger partial charge in [0, 0.05) is 23.5 Å². The fraction of sp³-hybridized carbons (Fsp3) is 0.400. The average Bonchev–Trinajstić information content (AvgIpc) is 3.32. The quantitative estimate of drug-likeness (QED) is 0.636. The second-order valence-corrected chi connectivity index (χ2v) is 6.48. The largest absolute Gasteiger partial charge is 0.268 e. The molecule has 0 bridgehead atoms. The van der Waals surface area contributed by atoms with E-state index in [0.29, 0.717) is 17.9 Å². The van der Waals surface area contributed by atoms with Gasteiger partial charge in [0.2, 0.25) is 0 Å². The van der Waals surface area contributed by atoms with Crippen molar-refractivity contribution in [3.63, 3.8) is 0 Å². The van der Waals surface area contributed by atoms with E-state index in [4.69, 9.17) is 0 Å². The van der Waals surface area contributed by atoms with E-state index < -0.39 is 0 Å². The van der Waals surface area contributed by atoms with E-state index in [1.807, 2.05) is 29.2 Å². The fourth-order valence-corrected chi connectivity index (χ4v) is 3.64. The van der Waals surface area contributed by atoms with E-state index in [-0.39, 0.29) is 6.04 Å².